The van der Waals surface area contributed by atoms with Gasteiger partial charge in [-0.25, -0.2) is 0 Å². The Hall–Kier alpha value is -1.07. The molecule has 0 saturated carbocycles. The van der Waals surface area contributed by atoms with Crippen molar-refractivity contribution in [2.75, 3.05) is 0 Å². The molecule has 0 radical (unpaired) electrons. The Kier molecular flexibility index (Phi) is 4.02. The molecule has 0 aliphatic carbocycles. The van der Waals surface area contributed by atoms with Crippen molar-refractivity contribution in [3.05, 3.63) is 63.2 Å². The van der Waals surface area contributed by atoms with Gasteiger partial charge in [-0.1, -0.05) is 0 Å². The number of benzene rings is 2. The number of halogens is 1. The third-order valence-electron chi connectivity index (χ3n) is 2.43. The molecule has 17 heavy (non-hydrogen) atoms. The number of hydrogen-bond acceptors (Lipinski definition) is 2. The molecule has 0 aromatic heterocycles. The van der Waals surface area contributed by atoms with Gasteiger partial charge in [0.2, 0.25) is 0 Å². The van der Waals surface area contributed by atoms with Crippen LogP contribution in [0, 0.1) is 17.4 Å². The first kappa shape index (κ1) is 12.4. The van der Waals surface area contributed by atoms with E-state index < -0.39 is 20.6 Å². The third-order valence-corrected chi connectivity index (χ3v) is 5.56. The van der Waals surface area contributed by atoms with Crippen LogP contribution in [0.2, 0.25) is 0 Å². The van der Waals surface area contributed by atoms with E-state index in [1.165, 1.54) is 5.56 Å². The Balaban J connectivity index is 2.14. The van der Waals surface area contributed by atoms with Crippen molar-refractivity contribution in [1.82, 2.24) is 0 Å². The number of aryl methyl sites for hydroxylation is 2. The maximum absolute atomic E-state index is 10.2. The van der Waals surface area contributed by atoms with Gasteiger partial charge in [0.1, 0.15) is 0 Å². The van der Waals surface area contributed by atoms with Crippen LogP contribution in [0.5, 0.6) is 5.75 Å². The molecule has 2 aromatic rings. The monoisotopic (exact) mass is 342 g/mol. The van der Waals surface area contributed by atoms with Crippen LogP contribution in [0.4, 0.5) is 0 Å². The van der Waals surface area contributed by atoms with Crippen molar-refractivity contribution >= 4 is 20.6 Å². The summed E-state index contributed by atoms with van der Waals surface area (Å²) in [6.45, 7) is 4.02. The van der Waals surface area contributed by atoms with Crippen LogP contribution in [0.15, 0.2) is 48.5 Å². The third kappa shape index (κ3) is 3.20. The second-order valence-electron chi connectivity index (χ2n) is 3.87. The molecule has 1 N–H and O–H groups in total. The van der Waals surface area contributed by atoms with E-state index in [0.29, 0.717) is 0 Å². The summed E-state index contributed by atoms with van der Waals surface area (Å²) in [4.78, 5) is 0. The Morgan fingerprint density at radius 2 is 1.59 bits per heavy atom. The molecule has 0 fully saturated rings. The van der Waals surface area contributed by atoms with Crippen LogP contribution in [0.1, 0.15) is 11.1 Å². The van der Waals surface area contributed by atoms with Crippen molar-refractivity contribution in [3.63, 3.8) is 0 Å². The first-order chi connectivity index (χ1) is 8.16. The van der Waals surface area contributed by atoms with E-state index in [4.69, 9.17) is 3.07 Å². The molecule has 0 atom stereocenters. The summed E-state index contributed by atoms with van der Waals surface area (Å²) in [5.74, 6) is 0.742. The zero-order valence-electron chi connectivity index (χ0n) is 9.85. The van der Waals surface area contributed by atoms with Crippen molar-refractivity contribution < 1.29 is 6.50 Å². The molecule has 2 aromatic carbocycles. The molecule has 0 spiro atoms. The summed E-state index contributed by atoms with van der Waals surface area (Å²) < 4.78 is 16.8. The fraction of sp³-hybridized carbons (Fsp3) is 0.143. The summed E-state index contributed by atoms with van der Waals surface area (Å²) in [5.41, 5.74) is 2.28. The first-order valence-corrected chi connectivity index (χ1v) is 8.29. The molecule has 0 aliphatic heterocycles. The number of hydrogen-bond donors (Lipinski definition) is 1. The van der Waals surface area contributed by atoms with Gasteiger partial charge in [0.05, 0.1) is 0 Å². The van der Waals surface area contributed by atoms with E-state index in [2.05, 4.69) is 0 Å². The van der Waals surface area contributed by atoms with Crippen LogP contribution in [0.25, 0.3) is 0 Å². The molecule has 3 heteroatoms. The Morgan fingerprint density at radius 3 is 2.24 bits per heavy atom. The molecule has 0 bridgehead atoms. The van der Waals surface area contributed by atoms with Crippen LogP contribution < -0.4 is 3.07 Å². The maximum atomic E-state index is 10.2. The summed E-state index contributed by atoms with van der Waals surface area (Å²) in [5, 5.41) is 0. The van der Waals surface area contributed by atoms with E-state index in [0.717, 1.165) is 14.9 Å². The molecule has 0 saturated heterocycles. The Labute approximate surface area is 110 Å². The fourth-order valence-corrected chi connectivity index (χ4v) is 3.88. The summed E-state index contributed by atoms with van der Waals surface area (Å²) >= 11 is -2.52. The fourth-order valence-electron chi connectivity index (χ4n) is 1.45. The van der Waals surface area contributed by atoms with Gasteiger partial charge < -0.3 is 0 Å². The van der Waals surface area contributed by atoms with Crippen LogP contribution in [-0.2, 0) is 0 Å². The zero-order valence-corrected chi connectivity index (χ0v) is 12.0. The summed E-state index contributed by atoms with van der Waals surface area (Å²) in [6, 6.07) is 15.6. The second kappa shape index (κ2) is 5.51. The number of rotatable bonds is 3. The van der Waals surface area contributed by atoms with Gasteiger partial charge in [0.25, 0.3) is 0 Å². The molecule has 0 heterocycles. The van der Waals surface area contributed by atoms with Gasteiger partial charge in [-0.15, -0.1) is 0 Å². The minimum atomic E-state index is -2.52. The SMILES string of the molecule is Cc1ccc(OI(O)c2ccccc2C)cc1. The van der Waals surface area contributed by atoms with E-state index in [-0.39, 0.29) is 0 Å². The van der Waals surface area contributed by atoms with E-state index in [1.54, 1.807) is 0 Å². The molecule has 90 valence electrons. The van der Waals surface area contributed by atoms with Gasteiger partial charge in [-0.2, -0.15) is 0 Å². The van der Waals surface area contributed by atoms with Crippen molar-refractivity contribution in [3.8, 4) is 5.75 Å². The van der Waals surface area contributed by atoms with Gasteiger partial charge in [-0.3, -0.25) is 0 Å². The molecule has 0 amide bonds. The van der Waals surface area contributed by atoms with E-state index in [9.17, 15) is 3.44 Å². The van der Waals surface area contributed by atoms with Gasteiger partial charge in [-0.05, 0) is 0 Å². The molecular formula is C14H15IO2. The van der Waals surface area contributed by atoms with Crippen molar-refractivity contribution in [2.24, 2.45) is 0 Å². The zero-order chi connectivity index (χ0) is 12.3. The van der Waals surface area contributed by atoms with Crippen LogP contribution in [0.3, 0.4) is 0 Å². The first-order valence-electron chi connectivity index (χ1n) is 5.37. The Morgan fingerprint density at radius 1 is 0.941 bits per heavy atom. The molecule has 2 nitrogen and oxygen atoms in total. The second-order valence-corrected chi connectivity index (χ2v) is 6.79. The standard InChI is InChI=1S/C14H15IO2/c1-11-7-9-13(10-8-11)17-15(16)14-6-4-3-5-12(14)2/h3-10,16H,1-2H3. The predicted molar refractivity (Wildman–Crippen MR) is 77.9 cm³/mol. The van der Waals surface area contributed by atoms with Crippen LogP contribution >= 0.6 is 20.6 Å². The predicted octanol–water partition coefficient (Wildman–Crippen LogP) is 3.88. The van der Waals surface area contributed by atoms with Gasteiger partial charge in [0.15, 0.2) is 0 Å². The quantitative estimate of drug-likeness (QED) is 0.858. The van der Waals surface area contributed by atoms with E-state index >= 15 is 0 Å². The summed E-state index contributed by atoms with van der Waals surface area (Å²) in [6.07, 6.45) is 0. The topological polar surface area (TPSA) is 29.5 Å². The van der Waals surface area contributed by atoms with Crippen LogP contribution in [-0.4, -0.2) is 3.44 Å². The minimum absolute atomic E-state index is 0.742. The van der Waals surface area contributed by atoms with E-state index in [1.807, 2.05) is 62.4 Å². The Bertz CT molecular complexity index is 494. The molecular weight excluding hydrogens is 327 g/mol. The molecule has 0 unspecified atom stereocenters. The molecule has 2 rings (SSSR count). The summed E-state index contributed by atoms with van der Waals surface area (Å²) in [7, 11) is 0. The van der Waals surface area contributed by atoms with Crippen molar-refractivity contribution in [2.45, 2.75) is 13.8 Å². The van der Waals surface area contributed by atoms with Gasteiger partial charge >= 0.3 is 110 Å². The molecule has 0 aliphatic rings. The normalized spacial score (nSPS) is 11.1. The average molecular weight is 342 g/mol. The van der Waals surface area contributed by atoms with Gasteiger partial charge in [0, 0.05) is 0 Å². The van der Waals surface area contributed by atoms with Crippen molar-refractivity contribution in [1.29, 1.82) is 0 Å². The average Bonchev–Trinajstić information content (AvgIpc) is 2.32.